The van der Waals surface area contributed by atoms with Crippen molar-refractivity contribution in [2.45, 2.75) is 418 Å². The molecule has 0 aromatic heterocycles. The fourth-order valence-corrected chi connectivity index (χ4v) is 11.6. The maximum Gasteiger partial charge on any atom is 0.305 e. The molecular weight excluding hydrogens is 1020 g/mol. The Morgan fingerprint density at radius 2 is 0.602 bits per heavy atom. The smallest absolute Gasteiger partial charge is 0.305 e. The van der Waals surface area contributed by atoms with E-state index in [2.05, 4.69) is 55.6 Å². The molecule has 3 N–H and O–H groups in total. The Bertz CT molecular complexity index is 1390. The van der Waals surface area contributed by atoms with Crippen molar-refractivity contribution >= 4 is 11.9 Å². The predicted octanol–water partition coefficient (Wildman–Crippen LogP) is 24.4. The third-order valence-corrected chi connectivity index (χ3v) is 17.3. The van der Waals surface area contributed by atoms with Gasteiger partial charge < -0.3 is 20.3 Å². The van der Waals surface area contributed by atoms with Gasteiger partial charge in [-0.25, -0.2) is 0 Å². The van der Waals surface area contributed by atoms with Gasteiger partial charge >= 0.3 is 5.97 Å². The summed E-state index contributed by atoms with van der Waals surface area (Å²) in [6.07, 6.45) is 95.0. The fraction of sp³-hybridized carbons (Fsp3) is 0.870. The van der Waals surface area contributed by atoms with Crippen LogP contribution in [-0.2, 0) is 14.3 Å². The highest BCUT2D eigenvalue weighted by atomic mass is 16.5. The molecule has 0 aliphatic carbocycles. The Hall–Kier alpha value is -2.18. The van der Waals surface area contributed by atoms with Gasteiger partial charge in [-0.3, -0.25) is 9.59 Å². The molecule has 0 heterocycles. The minimum absolute atomic E-state index is 0.00560. The molecule has 6 heteroatoms. The summed E-state index contributed by atoms with van der Waals surface area (Å²) in [5.74, 6) is -0.0572. The summed E-state index contributed by atoms with van der Waals surface area (Å²) in [7, 11) is 0. The first-order valence-corrected chi connectivity index (χ1v) is 37.4. The Balaban J connectivity index is 3.40. The number of ether oxygens (including phenoxy) is 1. The van der Waals surface area contributed by atoms with Gasteiger partial charge in [0.2, 0.25) is 5.91 Å². The van der Waals surface area contributed by atoms with E-state index in [-0.39, 0.29) is 18.5 Å². The Labute approximate surface area is 518 Å². The molecule has 0 aliphatic heterocycles. The van der Waals surface area contributed by atoms with Crippen LogP contribution in [0.25, 0.3) is 0 Å². The molecule has 0 aromatic carbocycles. The van der Waals surface area contributed by atoms with Gasteiger partial charge in [0.15, 0.2) is 0 Å². The van der Waals surface area contributed by atoms with Crippen LogP contribution in [0.3, 0.4) is 0 Å². The van der Waals surface area contributed by atoms with Crippen LogP contribution in [-0.4, -0.2) is 47.4 Å². The summed E-state index contributed by atoms with van der Waals surface area (Å²) in [5.41, 5.74) is 0. The normalized spacial score (nSPS) is 12.8. The number of hydrogen-bond acceptors (Lipinski definition) is 5. The van der Waals surface area contributed by atoms with Gasteiger partial charge in [0.05, 0.1) is 25.4 Å². The third-order valence-electron chi connectivity index (χ3n) is 17.3. The second-order valence-corrected chi connectivity index (χ2v) is 25.6. The zero-order valence-corrected chi connectivity index (χ0v) is 55.9. The highest BCUT2D eigenvalue weighted by molar-refractivity contribution is 5.76. The van der Waals surface area contributed by atoms with Gasteiger partial charge in [-0.1, -0.05) is 351 Å². The zero-order chi connectivity index (χ0) is 59.9. The largest absolute Gasteiger partial charge is 0.466 e. The number of aliphatic hydroxyl groups is 2. The molecule has 0 bridgehead atoms. The summed E-state index contributed by atoms with van der Waals surface area (Å²) in [6.45, 7) is 4.92. The van der Waals surface area contributed by atoms with Crippen LogP contribution in [0.2, 0.25) is 0 Å². The SMILES string of the molecule is CCCCCCC/C=C\CCCCCCCC(=O)OCCCCCCCCCCC/C=C\C/C=C\CCCCCCCCCCCCCCCCCCCC(=O)NC(CO)C(O)/C=C/CCCCCCCCCCCCCCCCCCC. The molecular formula is C77H145NO5. The van der Waals surface area contributed by atoms with Crippen molar-refractivity contribution in [2.24, 2.45) is 0 Å². The number of carbonyl (C=O) groups excluding carboxylic acids is 2. The van der Waals surface area contributed by atoms with E-state index in [4.69, 9.17) is 4.74 Å². The first-order chi connectivity index (χ1) is 41.0. The van der Waals surface area contributed by atoms with E-state index < -0.39 is 12.1 Å². The fourth-order valence-electron chi connectivity index (χ4n) is 11.6. The van der Waals surface area contributed by atoms with E-state index in [9.17, 15) is 19.8 Å². The lowest BCUT2D eigenvalue weighted by molar-refractivity contribution is -0.143. The van der Waals surface area contributed by atoms with Crippen LogP contribution in [0, 0.1) is 0 Å². The monoisotopic (exact) mass is 1160 g/mol. The molecule has 0 spiro atoms. The van der Waals surface area contributed by atoms with Gasteiger partial charge in [0, 0.05) is 12.8 Å². The van der Waals surface area contributed by atoms with E-state index in [1.54, 1.807) is 6.08 Å². The van der Waals surface area contributed by atoms with Crippen LogP contribution < -0.4 is 5.32 Å². The van der Waals surface area contributed by atoms with Crippen LogP contribution in [0.1, 0.15) is 406 Å². The molecule has 83 heavy (non-hydrogen) atoms. The molecule has 0 aliphatic rings. The molecule has 0 fully saturated rings. The van der Waals surface area contributed by atoms with E-state index in [0.29, 0.717) is 19.4 Å². The summed E-state index contributed by atoms with van der Waals surface area (Å²) in [4.78, 5) is 24.6. The van der Waals surface area contributed by atoms with Crippen molar-refractivity contribution < 1.29 is 24.5 Å². The van der Waals surface area contributed by atoms with Gasteiger partial charge in [0.1, 0.15) is 0 Å². The number of allylic oxidation sites excluding steroid dienone is 7. The van der Waals surface area contributed by atoms with Crippen LogP contribution in [0.5, 0.6) is 0 Å². The number of carbonyl (C=O) groups is 2. The number of hydrogen-bond donors (Lipinski definition) is 3. The third kappa shape index (κ3) is 68.8. The maximum absolute atomic E-state index is 12.5. The topological polar surface area (TPSA) is 95.9 Å². The molecule has 0 aromatic rings. The molecule has 6 nitrogen and oxygen atoms in total. The number of nitrogens with one attached hydrogen (secondary N) is 1. The lowest BCUT2D eigenvalue weighted by atomic mass is 10.0. The summed E-state index contributed by atoms with van der Waals surface area (Å²) < 4.78 is 5.48. The number of rotatable bonds is 70. The molecule has 488 valence electrons. The highest BCUT2D eigenvalue weighted by Crippen LogP contribution is 2.18. The average molecular weight is 1170 g/mol. The van der Waals surface area contributed by atoms with Crippen molar-refractivity contribution in [2.75, 3.05) is 13.2 Å². The number of aliphatic hydroxyl groups excluding tert-OH is 2. The molecule has 2 unspecified atom stereocenters. The van der Waals surface area contributed by atoms with Gasteiger partial charge in [0.25, 0.3) is 0 Å². The van der Waals surface area contributed by atoms with E-state index in [0.717, 1.165) is 51.4 Å². The highest BCUT2D eigenvalue weighted by Gasteiger charge is 2.18. The van der Waals surface area contributed by atoms with Crippen LogP contribution in [0.4, 0.5) is 0 Å². The minimum atomic E-state index is -0.844. The second kappa shape index (κ2) is 72.3. The van der Waals surface area contributed by atoms with Gasteiger partial charge in [-0.05, 0) is 89.9 Å². The summed E-state index contributed by atoms with van der Waals surface area (Å²) in [6, 6.07) is -0.628. The maximum atomic E-state index is 12.5. The first kappa shape index (κ1) is 80.8. The van der Waals surface area contributed by atoms with Crippen molar-refractivity contribution in [1.29, 1.82) is 0 Å². The quantitative estimate of drug-likeness (QED) is 0.0320. The van der Waals surface area contributed by atoms with Crippen molar-refractivity contribution in [3.05, 3.63) is 48.6 Å². The van der Waals surface area contributed by atoms with Crippen molar-refractivity contribution in [1.82, 2.24) is 5.32 Å². The Morgan fingerprint density at radius 3 is 0.928 bits per heavy atom. The summed E-state index contributed by atoms with van der Waals surface area (Å²) in [5, 5.41) is 23.2. The van der Waals surface area contributed by atoms with Crippen molar-refractivity contribution in [3.8, 4) is 0 Å². The molecule has 0 radical (unpaired) electrons. The number of esters is 1. The van der Waals surface area contributed by atoms with Crippen LogP contribution in [0.15, 0.2) is 48.6 Å². The molecule has 1 amide bonds. The Kier molecular flexibility index (Phi) is 70.4. The zero-order valence-electron chi connectivity index (χ0n) is 55.9. The number of amides is 1. The predicted molar refractivity (Wildman–Crippen MR) is 366 cm³/mol. The van der Waals surface area contributed by atoms with Gasteiger partial charge in [-0.2, -0.15) is 0 Å². The standard InChI is InChI=1S/C77H145NO5/c1-3-5-7-9-11-13-15-17-19-20-36-39-42-45-49-53-57-61-65-69-75(80)74(73-79)78-76(81)70-66-62-58-54-50-46-43-40-37-34-32-30-28-26-24-22-21-23-25-27-29-31-33-35-38-41-44-48-52-56-60-64-68-72-83-77(82)71-67-63-59-55-51-47-18-16-14-12-10-8-6-4-2/h16,18,25,27,31,33,65,69,74-75,79-80H,3-15,17,19-24,26,28-30,32,34-64,66-68,70-73H2,1-2H3,(H,78,81)/b18-16-,27-25-,33-31-,69-65+. The van der Waals surface area contributed by atoms with Crippen LogP contribution >= 0.6 is 0 Å². The van der Waals surface area contributed by atoms with E-state index in [1.165, 1.54) is 327 Å². The number of unbranched alkanes of at least 4 members (excludes halogenated alkanes) is 53. The second-order valence-electron chi connectivity index (χ2n) is 25.6. The molecule has 0 saturated heterocycles. The average Bonchev–Trinajstić information content (AvgIpc) is 3.48. The Morgan fingerprint density at radius 1 is 0.337 bits per heavy atom. The summed E-state index contributed by atoms with van der Waals surface area (Å²) >= 11 is 0. The van der Waals surface area contributed by atoms with Crippen molar-refractivity contribution in [3.63, 3.8) is 0 Å². The molecule has 0 saturated carbocycles. The first-order valence-electron chi connectivity index (χ1n) is 37.4. The molecule has 0 rings (SSSR count). The van der Waals surface area contributed by atoms with Gasteiger partial charge in [-0.15, -0.1) is 0 Å². The van der Waals surface area contributed by atoms with E-state index >= 15 is 0 Å². The molecule has 2 atom stereocenters. The lowest BCUT2D eigenvalue weighted by Crippen LogP contribution is -2.45. The van der Waals surface area contributed by atoms with E-state index in [1.807, 2.05) is 6.08 Å². The minimum Gasteiger partial charge on any atom is -0.466 e. The lowest BCUT2D eigenvalue weighted by Gasteiger charge is -2.20.